The number of amides is 1. The smallest absolute Gasteiger partial charge is 0.253 e. The Morgan fingerprint density at radius 3 is 2.90 bits per heavy atom. The van der Waals surface area contributed by atoms with Crippen LogP contribution >= 0.6 is 0 Å². The highest BCUT2D eigenvalue weighted by molar-refractivity contribution is 7.85. The molecule has 2 N–H and O–H groups in total. The molecule has 1 aliphatic rings. The van der Waals surface area contributed by atoms with Crippen LogP contribution in [0.3, 0.4) is 0 Å². The quantitative estimate of drug-likeness (QED) is 0.756. The number of nitrogens with zero attached hydrogens (tertiary/aromatic N) is 1. The molecule has 0 saturated carbocycles. The Morgan fingerprint density at radius 2 is 2.20 bits per heavy atom. The lowest BCUT2D eigenvalue weighted by atomic mass is 10.1. The molecule has 1 fully saturated rings. The Labute approximate surface area is 120 Å². The summed E-state index contributed by atoms with van der Waals surface area (Å²) < 4.78 is 11.3. The van der Waals surface area contributed by atoms with Crippen molar-refractivity contribution in [2.75, 3.05) is 18.1 Å². The minimum absolute atomic E-state index is 0.0763. The molecule has 5 nitrogen and oxygen atoms in total. The van der Waals surface area contributed by atoms with Gasteiger partial charge in [-0.25, -0.2) is 0 Å². The molecule has 1 saturated heterocycles. The Hall–Kier alpha value is -1.71. The zero-order valence-electron chi connectivity index (χ0n) is 11.0. The molecule has 0 radical (unpaired) electrons. The Bertz CT molecular complexity index is 567. The number of aliphatic hydroxyl groups excluding tert-OH is 1. The SMILES string of the molecule is O=C(NC1CCS(=O)CC1)c1cncc(C#CCO)c1. The van der Waals surface area contributed by atoms with E-state index in [1.165, 1.54) is 6.20 Å². The summed E-state index contributed by atoms with van der Waals surface area (Å²) in [4.78, 5) is 16.1. The average Bonchev–Trinajstić information content (AvgIpc) is 2.48. The highest BCUT2D eigenvalue weighted by Crippen LogP contribution is 2.10. The molecule has 20 heavy (non-hydrogen) atoms. The van der Waals surface area contributed by atoms with Crippen LogP contribution in [0.2, 0.25) is 0 Å². The van der Waals surface area contributed by atoms with E-state index in [9.17, 15) is 9.00 Å². The van der Waals surface area contributed by atoms with Gasteiger partial charge in [0.1, 0.15) is 6.61 Å². The van der Waals surface area contributed by atoms with E-state index in [4.69, 9.17) is 5.11 Å². The number of aromatic nitrogens is 1. The van der Waals surface area contributed by atoms with Crippen LogP contribution in [0, 0.1) is 11.8 Å². The predicted molar refractivity (Wildman–Crippen MR) is 76.6 cm³/mol. The van der Waals surface area contributed by atoms with Gasteiger partial charge in [0.05, 0.1) is 5.56 Å². The fraction of sp³-hybridized carbons (Fsp3) is 0.429. The van der Waals surface area contributed by atoms with Crippen LogP contribution in [0.1, 0.15) is 28.8 Å². The number of nitrogens with one attached hydrogen (secondary N) is 1. The minimum Gasteiger partial charge on any atom is -0.384 e. The fourth-order valence-electron chi connectivity index (χ4n) is 1.98. The normalized spacial score (nSPS) is 21.6. The van der Waals surface area contributed by atoms with Gasteiger partial charge in [0.15, 0.2) is 0 Å². The first kappa shape index (κ1) is 14.7. The third kappa shape index (κ3) is 4.15. The molecule has 6 heteroatoms. The molecule has 106 valence electrons. The third-order valence-electron chi connectivity index (χ3n) is 3.04. The predicted octanol–water partition coefficient (Wildman–Crippen LogP) is 0.0663. The van der Waals surface area contributed by atoms with E-state index in [2.05, 4.69) is 22.1 Å². The van der Waals surface area contributed by atoms with Crippen molar-refractivity contribution in [1.82, 2.24) is 10.3 Å². The first-order valence-corrected chi connectivity index (χ1v) is 7.88. The maximum atomic E-state index is 12.1. The van der Waals surface area contributed by atoms with E-state index in [-0.39, 0.29) is 18.6 Å². The highest BCUT2D eigenvalue weighted by Gasteiger charge is 2.20. The summed E-state index contributed by atoms with van der Waals surface area (Å²) in [5.74, 6) is 6.33. The standard InChI is InChI=1S/C14H16N2O3S/c17-5-1-2-11-8-12(10-15-9-11)14(18)16-13-3-6-20(19)7-4-13/h8-10,13,17H,3-7H2,(H,16,18). The van der Waals surface area contributed by atoms with E-state index in [0.29, 0.717) is 22.6 Å². The summed E-state index contributed by atoms with van der Waals surface area (Å²) in [7, 11) is -0.733. The molecule has 0 atom stereocenters. The van der Waals surface area contributed by atoms with Crippen molar-refractivity contribution < 1.29 is 14.1 Å². The van der Waals surface area contributed by atoms with E-state index in [1.54, 1.807) is 12.3 Å². The number of carbonyl (C=O) groups is 1. The average molecular weight is 292 g/mol. The van der Waals surface area contributed by atoms with Gasteiger partial charge < -0.3 is 10.4 Å². The molecule has 0 unspecified atom stereocenters. The van der Waals surface area contributed by atoms with Crippen molar-refractivity contribution in [3.05, 3.63) is 29.6 Å². The van der Waals surface area contributed by atoms with Crippen molar-refractivity contribution in [3.63, 3.8) is 0 Å². The lowest BCUT2D eigenvalue weighted by molar-refractivity contribution is 0.0934. The van der Waals surface area contributed by atoms with Crippen LogP contribution in [0.4, 0.5) is 0 Å². The van der Waals surface area contributed by atoms with E-state index in [0.717, 1.165) is 12.8 Å². The van der Waals surface area contributed by atoms with Crippen LogP contribution in [-0.4, -0.2) is 44.4 Å². The van der Waals surface area contributed by atoms with Crippen LogP contribution in [0.15, 0.2) is 18.5 Å². The highest BCUT2D eigenvalue weighted by atomic mass is 32.2. The first-order chi connectivity index (χ1) is 9.69. The molecule has 1 aromatic heterocycles. The summed E-state index contributed by atoms with van der Waals surface area (Å²) in [6, 6.07) is 1.72. The maximum Gasteiger partial charge on any atom is 0.253 e. The number of hydrogen-bond donors (Lipinski definition) is 2. The van der Waals surface area contributed by atoms with Crippen LogP contribution in [0.25, 0.3) is 0 Å². The lowest BCUT2D eigenvalue weighted by Gasteiger charge is -2.22. The first-order valence-electron chi connectivity index (χ1n) is 6.39. The number of pyridine rings is 1. The Balaban J connectivity index is 2.00. The van der Waals surface area contributed by atoms with Gasteiger partial charge in [-0.1, -0.05) is 11.8 Å². The molecule has 0 aliphatic carbocycles. The van der Waals surface area contributed by atoms with Crippen molar-refractivity contribution in [3.8, 4) is 11.8 Å². The lowest BCUT2D eigenvalue weighted by Crippen LogP contribution is -2.39. The minimum atomic E-state index is -0.733. The number of rotatable bonds is 2. The summed E-state index contributed by atoms with van der Waals surface area (Å²) >= 11 is 0. The second kappa shape index (κ2) is 7.17. The van der Waals surface area contributed by atoms with Gasteiger partial charge >= 0.3 is 0 Å². The van der Waals surface area contributed by atoms with E-state index >= 15 is 0 Å². The summed E-state index contributed by atoms with van der Waals surface area (Å²) in [6.07, 6.45) is 4.52. The van der Waals surface area contributed by atoms with Crippen LogP contribution in [-0.2, 0) is 10.8 Å². The van der Waals surface area contributed by atoms with Gasteiger partial charge in [-0.05, 0) is 18.9 Å². The summed E-state index contributed by atoms with van der Waals surface area (Å²) in [6.45, 7) is -0.227. The van der Waals surface area contributed by atoms with Crippen molar-refractivity contribution in [1.29, 1.82) is 0 Å². The molecule has 0 aromatic carbocycles. The monoisotopic (exact) mass is 292 g/mol. The Morgan fingerprint density at radius 1 is 1.45 bits per heavy atom. The molecule has 0 spiro atoms. The topological polar surface area (TPSA) is 79.3 Å². The molecule has 2 heterocycles. The maximum absolute atomic E-state index is 12.1. The Kier molecular flexibility index (Phi) is 5.27. The van der Waals surface area contributed by atoms with Crippen molar-refractivity contribution in [2.45, 2.75) is 18.9 Å². The van der Waals surface area contributed by atoms with Gasteiger partial charge in [0.2, 0.25) is 0 Å². The zero-order valence-corrected chi connectivity index (χ0v) is 11.8. The summed E-state index contributed by atoms with van der Waals surface area (Å²) in [5, 5.41) is 11.6. The third-order valence-corrected chi connectivity index (χ3v) is 4.42. The number of aliphatic hydroxyl groups is 1. The molecule has 0 bridgehead atoms. The van der Waals surface area contributed by atoms with Gasteiger partial charge in [0, 0.05) is 46.3 Å². The molecular weight excluding hydrogens is 276 g/mol. The molecule has 2 rings (SSSR count). The van der Waals surface area contributed by atoms with E-state index in [1.807, 2.05) is 0 Å². The number of carbonyl (C=O) groups excluding carboxylic acids is 1. The summed E-state index contributed by atoms with van der Waals surface area (Å²) in [5.41, 5.74) is 1.04. The second-order valence-electron chi connectivity index (χ2n) is 4.52. The number of hydrogen-bond acceptors (Lipinski definition) is 4. The largest absolute Gasteiger partial charge is 0.384 e. The van der Waals surface area contributed by atoms with Crippen LogP contribution < -0.4 is 5.32 Å². The van der Waals surface area contributed by atoms with Gasteiger partial charge in [-0.3, -0.25) is 14.0 Å². The van der Waals surface area contributed by atoms with Gasteiger partial charge in [0.25, 0.3) is 5.91 Å². The van der Waals surface area contributed by atoms with E-state index < -0.39 is 10.8 Å². The van der Waals surface area contributed by atoms with Gasteiger partial charge in [-0.2, -0.15) is 0 Å². The van der Waals surface area contributed by atoms with Crippen LogP contribution in [0.5, 0.6) is 0 Å². The fourth-order valence-corrected chi connectivity index (χ4v) is 3.28. The molecule has 1 aromatic rings. The molecular formula is C14H16N2O3S. The van der Waals surface area contributed by atoms with Crippen molar-refractivity contribution in [2.24, 2.45) is 0 Å². The second-order valence-corrected chi connectivity index (χ2v) is 6.21. The zero-order chi connectivity index (χ0) is 14.4. The molecule has 1 amide bonds. The van der Waals surface area contributed by atoms with Crippen molar-refractivity contribution >= 4 is 16.7 Å². The molecule has 1 aliphatic heterocycles. The van der Waals surface area contributed by atoms with Gasteiger partial charge in [-0.15, -0.1) is 0 Å².